The Morgan fingerprint density at radius 3 is 1.23 bits per heavy atom. The molecular formula is C36H34O4. The molecule has 0 aliphatic carbocycles. The van der Waals surface area contributed by atoms with Crippen LogP contribution in [0.25, 0.3) is 22.3 Å². The van der Waals surface area contributed by atoms with Gasteiger partial charge in [-0.05, 0) is 85.7 Å². The summed E-state index contributed by atoms with van der Waals surface area (Å²) in [5.74, 6) is 0.501. The van der Waals surface area contributed by atoms with Gasteiger partial charge in [0.2, 0.25) is 0 Å². The van der Waals surface area contributed by atoms with E-state index in [4.69, 9.17) is 0 Å². The van der Waals surface area contributed by atoms with E-state index in [1.165, 1.54) is 0 Å². The van der Waals surface area contributed by atoms with E-state index in [1.807, 2.05) is 107 Å². The van der Waals surface area contributed by atoms with Crippen molar-refractivity contribution in [2.45, 2.75) is 40.0 Å². The first-order valence-corrected chi connectivity index (χ1v) is 13.4. The monoisotopic (exact) mass is 530 g/mol. The third kappa shape index (κ3) is 4.36. The maximum absolute atomic E-state index is 11.2. The summed E-state index contributed by atoms with van der Waals surface area (Å²) in [6.07, 6.45) is 0. The molecule has 4 nitrogen and oxygen atoms in total. The molecule has 0 bridgehead atoms. The minimum absolute atomic E-state index is 0.118. The third-order valence-electron chi connectivity index (χ3n) is 8.16. The van der Waals surface area contributed by atoms with Crippen LogP contribution in [0.2, 0.25) is 0 Å². The van der Waals surface area contributed by atoms with Gasteiger partial charge in [-0.25, -0.2) is 0 Å². The van der Waals surface area contributed by atoms with Crippen molar-refractivity contribution in [3.05, 3.63) is 130 Å². The molecule has 202 valence electrons. The van der Waals surface area contributed by atoms with Crippen LogP contribution in [-0.4, -0.2) is 20.4 Å². The Morgan fingerprint density at radius 2 is 0.800 bits per heavy atom. The second kappa shape index (κ2) is 10.1. The lowest BCUT2D eigenvalue weighted by molar-refractivity contribution is 0.464. The summed E-state index contributed by atoms with van der Waals surface area (Å²) in [5.41, 5.74) is 7.15. The highest BCUT2D eigenvalue weighted by molar-refractivity contribution is 5.81. The number of para-hydroxylation sites is 2. The van der Waals surface area contributed by atoms with E-state index in [-0.39, 0.29) is 23.0 Å². The molecular weight excluding hydrogens is 496 g/mol. The molecule has 40 heavy (non-hydrogen) atoms. The van der Waals surface area contributed by atoms with Crippen LogP contribution in [-0.2, 0) is 5.41 Å². The molecule has 0 saturated carbocycles. The second-order valence-corrected chi connectivity index (χ2v) is 10.8. The Balaban J connectivity index is 1.84. The Labute approximate surface area is 235 Å². The van der Waals surface area contributed by atoms with Gasteiger partial charge in [-0.15, -0.1) is 0 Å². The first kappa shape index (κ1) is 26.9. The van der Waals surface area contributed by atoms with Crippen LogP contribution in [0.1, 0.15) is 45.9 Å². The van der Waals surface area contributed by atoms with Gasteiger partial charge in [0.1, 0.15) is 23.0 Å². The molecule has 0 atom stereocenters. The normalized spacial score (nSPS) is 11.5. The van der Waals surface area contributed by atoms with Crippen molar-refractivity contribution in [2.24, 2.45) is 0 Å². The number of rotatable bonds is 5. The lowest BCUT2D eigenvalue weighted by Gasteiger charge is -2.34. The predicted molar refractivity (Wildman–Crippen MR) is 161 cm³/mol. The molecule has 5 aromatic rings. The number of hydrogen-bond donors (Lipinski definition) is 4. The fourth-order valence-electron chi connectivity index (χ4n) is 5.57. The SMILES string of the molecule is Cc1cccc(-c2cc(C(C)(c3ccccc3)c3cc(C)c(O)c(-c4cccc(C)c4O)c3)cc(C)c2O)c1O. The standard InChI is InChI=1S/C36H34O4/c1-21-11-9-15-28(32(21)37)30-19-26(17-23(3)34(30)39)36(5,25-13-7-6-8-14-25)27-18-24(4)35(40)31(20-27)29-16-10-12-22(2)33(29)38/h6-20,37-40H,1-5H3. The van der Waals surface area contributed by atoms with Gasteiger partial charge in [-0.2, -0.15) is 0 Å². The van der Waals surface area contributed by atoms with E-state index < -0.39 is 5.41 Å². The summed E-state index contributed by atoms with van der Waals surface area (Å²) < 4.78 is 0. The second-order valence-electron chi connectivity index (χ2n) is 10.8. The molecule has 4 N–H and O–H groups in total. The van der Waals surface area contributed by atoms with Crippen LogP contribution in [0.5, 0.6) is 23.0 Å². The molecule has 4 heteroatoms. The molecule has 5 rings (SSSR count). The van der Waals surface area contributed by atoms with Crippen molar-refractivity contribution in [1.82, 2.24) is 0 Å². The number of phenols is 4. The van der Waals surface area contributed by atoms with E-state index in [0.717, 1.165) is 27.8 Å². The minimum Gasteiger partial charge on any atom is -0.507 e. The van der Waals surface area contributed by atoms with Gasteiger partial charge in [0.25, 0.3) is 0 Å². The maximum atomic E-state index is 11.2. The number of benzene rings is 5. The fraction of sp³-hybridized carbons (Fsp3) is 0.167. The lowest BCUT2D eigenvalue weighted by atomic mass is 9.69. The highest BCUT2D eigenvalue weighted by Gasteiger charge is 2.34. The van der Waals surface area contributed by atoms with E-state index in [1.54, 1.807) is 0 Å². The van der Waals surface area contributed by atoms with Crippen molar-refractivity contribution in [1.29, 1.82) is 0 Å². The quantitative estimate of drug-likeness (QED) is 0.172. The van der Waals surface area contributed by atoms with Gasteiger partial charge < -0.3 is 20.4 Å². The molecule has 0 aromatic heterocycles. The van der Waals surface area contributed by atoms with E-state index in [2.05, 4.69) is 19.1 Å². The molecule has 0 unspecified atom stereocenters. The predicted octanol–water partition coefficient (Wildman–Crippen LogP) is 8.43. The van der Waals surface area contributed by atoms with Crippen LogP contribution in [0.15, 0.2) is 91.0 Å². The van der Waals surface area contributed by atoms with E-state index >= 15 is 0 Å². The molecule has 0 heterocycles. The summed E-state index contributed by atoms with van der Waals surface area (Å²) >= 11 is 0. The van der Waals surface area contributed by atoms with Gasteiger partial charge in [-0.1, -0.05) is 78.9 Å². The fourth-order valence-corrected chi connectivity index (χ4v) is 5.57. The molecule has 0 radical (unpaired) electrons. The van der Waals surface area contributed by atoms with Gasteiger partial charge in [0.15, 0.2) is 0 Å². The minimum atomic E-state index is -0.722. The van der Waals surface area contributed by atoms with Gasteiger partial charge >= 0.3 is 0 Å². The number of hydrogen-bond acceptors (Lipinski definition) is 4. The van der Waals surface area contributed by atoms with Crippen LogP contribution < -0.4 is 0 Å². The molecule has 0 saturated heterocycles. The zero-order valence-corrected chi connectivity index (χ0v) is 23.4. The first-order chi connectivity index (χ1) is 19.0. The number of phenolic OH excluding ortho intramolecular Hbond substituents is 4. The molecule has 5 aromatic carbocycles. The summed E-state index contributed by atoms with van der Waals surface area (Å²) in [6, 6.07) is 29.0. The summed E-state index contributed by atoms with van der Waals surface area (Å²) in [5, 5.41) is 44.1. The zero-order valence-electron chi connectivity index (χ0n) is 23.4. The van der Waals surface area contributed by atoms with Gasteiger partial charge in [-0.3, -0.25) is 0 Å². The van der Waals surface area contributed by atoms with Gasteiger partial charge in [0.05, 0.1) is 0 Å². The maximum Gasteiger partial charge on any atom is 0.126 e. The lowest BCUT2D eigenvalue weighted by Crippen LogP contribution is -2.26. The van der Waals surface area contributed by atoms with E-state index in [9.17, 15) is 20.4 Å². The van der Waals surface area contributed by atoms with E-state index in [0.29, 0.717) is 33.4 Å². The summed E-state index contributed by atoms with van der Waals surface area (Å²) in [4.78, 5) is 0. The van der Waals surface area contributed by atoms with Crippen molar-refractivity contribution in [3.63, 3.8) is 0 Å². The largest absolute Gasteiger partial charge is 0.507 e. The molecule has 0 fully saturated rings. The van der Waals surface area contributed by atoms with Gasteiger partial charge in [0, 0.05) is 27.7 Å². The van der Waals surface area contributed by atoms with Crippen LogP contribution in [0.3, 0.4) is 0 Å². The Bertz CT molecular complexity index is 1630. The summed E-state index contributed by atoms with van der Waals surface area (Å²) in [6.45, 7) is 9.52. The van der Waals surface area contributed by atoms with Crippen LogP contribution in [0, 0.1) is 27.7 Å². The Hall–Kier alpha value is -4.70. The molecule has 0 spiro atoms. The number of aryl methyl sites for hydroxylation is 4. The summed E-state index contributed by atoms with van der Waals surface area (Å²) in [7, 11) is 0. The Kier molecular flexibility index (Phi) is 6.80. The zero-order chi connectivity index (χ0) is 28.8. The van der Waals surface area contributed by atoms with Crippen molar-refractivity contribution < 1.29 is 20.4 Å². The molecule has 0 amide bonds. The average molecular weight is 531 g/mol. The van der Waals surface area contributed by atoms with Crippen molar-refractivity contribution in [3.8, 4) is 45.3 Å². The Morgan fingerprint density at radius 1 is 0.400 bits per heavy atom. The molecule has 0 aliphatic rings. The van der Waals surface area contributed by atoms with Crippen molar-refractivity contribution >= 4 is 0 Å². The number of aromatic hydroxyl groups is 4. The van der Waals surface area contributed by atoms with Crippen LogP contribution >= 0.6 is 0 Å². The molecule has 0 aliphatic heterocycles. The smallest absolute Gasteiger partial charge is 0.126 e. The van der Waals surface area contributed by atoms with Crippen molar-refractivity contribution in [2.75, 3.05) is 0 Å². The topological polar surface area (TPSA) is 80.9 Å². The third-order valence-corrected chi connectivity index (χ3v) is 8.16. The highest BCUT2D eigenvalue weighted by Crippen LogP contribution is 2.48. The first-order valence-electron chi connectivity index (χ1n) is 13.4. The average Bonchev–Trinajstić information content (AvgIpc) is 2.95. The van der Waals surface area contributed by atoms with Crippen LogP contribution in [0.4, 0.5) is 0 Å². The highest BCUT2D eigenvalue weighted by atomic mass is 16.3.